The van der Waals surface area contributed by atoms with Crippen LogP contribution in [0.1, 0.15) is 38.8 Å². The first kappa shape index (κ1) is 25.6. The molecule has 0 aliphatic carbocycles. The monoisotopic (exact) mass is 496 g/mol. The minimum absolute atomic E-state index is 0.0833. The van der Waals surface area contributed by atoms with Crippen LogP contribution in [0, 0.1) is 6.92 Å². The Balaban J connectivity index is 1.77. The van der Waals surface area contributed by atoms with E-state index in [0.29, 0.717) is 34.8 Å². The number of esters is 1. The summed E-state index contributed by atoms with van der Waals surface area (Å²) in [5.74, 6) is 0.374. The van der Waals surface area contributed by atoms with Gasteiger partial charge in [0.25, 0.3) is 5.91 Å². The summed E-state index contributed by atoms with van der Waals surface area (Å²) in [6.45, 7) is 4.01. The quantitative estimate of drug-likeness (QED) is 0.193. The van der Waals surface area contributed by atoms with Gasteiger partial charge in [-0.2, -0.15) is 5.10 Å². The molecule has 0 heterocycles. The van der Waals surface area contributed by atoms with Crippen molar-refractivity contribution >= 4 is 29.7 Å². The molecule has 0 saturated heterocycles. The van der Waals surface area contributed by atoms with E-state index >= 15 is 0 Å². The molecule has 0 aliphatic heterocycles. The summed E-state index contributed by atoms with van der Waals surface area (Å²) >= 11 is 6.40. The second-order valence-electron chi connectivity index (χ2n) is 7.28. The number of ether oxygens (including phenoxy) is 4. The normalized spacial score (nSPS) is 10.7. The lowest BCUT2D eigenvalue weighted by Crippen LogP contribution is -2.18. The number of nitrogens with zero attached hydrogens (tertiary/aromatic N) is 1. The molecule has 0 unspecified atom stereocenters. The van der Waals surface area contributed by atoms with E-state index in [1.54, 1.807) is 61.5 Å². The summed E-state index contributed by atoms with van der Waals surface area (Å²) in [7, 11) is 3.03. The largest absolute Gasteiger partial charge is 0.497 e. The van der Waals surface area contributed by atoms with E-state index in [1.165, 1.54) is 20.4 Å². The molecule has 0 atom stereocenters. The smallest absolute Gasteiger partial charge is 0.343 e. The van der Waals surface area contributed by atoms with Crippen LogP contribution in [0.4, 0.5) is 0 Å². The first-order chi connectivity index (χ1) is 16.9. The van der Waals surface area contributed by atoms with Gasteiger partial charge < -0.3 is 18.9 Å². The topological polar surface area (TPSA) is 95.5 Å². The fourth-order valence-corrected chi connectivity index (χ4v) is 3.37. The highest BCUT2D eigenvalue weighted by Gasteiger charge is 2.18. The lowest BCUT2D eigenvalue weighted by atomic mass is 10.1. The van der Waals surface area contributed by atoms with E-state index in [1.807, 2.05) is 6.92 Å². The van der Waals surface area contributed by atoms with Crippen LogP contribution >= 0.6 is 11.6 Å². The maximum atomic E-state index is 12.6. The number of rotatable bonds is 9. The molecule has 0 fully saturated rings. The lowest BCUT2D eigenvalue weighted by molar-refractivity contribution is 0.0728. The van der Waals surface area contributed by atoms with Crippen LogP contribution in [0.25, 0.3) is 0 Å². The number of amides is 1. The van der Waals surface area contributed by atoms with Gasteiger partial charge in [0, 0.05) is 0 Å². The molecule has 0 radical (unpaired) electrons. The van der Waals surface area contributed by atoms with Crippen LogP contribution in [0.3, 0.4) is 0 Å². The third-order valence-corrected chi connectivity index (χ3v) is 5.11. The Hall–Kier alpha value is -4.04. The third-order valence-electron chi connectivity index (χ3n) is 4.83. The Labute approximate surface area is 208 Å². The standard InChI is InChI=1S/C26H25ClN2O6/c1-5-34-23-14-17(15-28-29-25(30)20-11-6-16(2)12-22(20)33-4)13-21(27)24(23)35-26(31)18-7-9-19(32-3)10-8-18/h6-15H,5H2,1-4H3,(H,29,30). The predicted molar refractivity (Wildman–Crippen MR) is 133 cm³/mol. The molecule has 182 valence electrons. The van der Waals surface area contributed by atoms with Crippen LogP contribution in [0.2, 0.25) is 5.02 Å². The van der Waals surface area contributed by atoms with Crippen LogP contribution in [-0.2, 0) is 0 Å². The van der Waals surface area contributed by atoms with Gasteiger partial charge in [-0.1, -0.05) is 17.7 Å². The minimum Gasteiger partial charge on any atom is -0.497 e. The average molecular weight is 497 g/mol. The second-order valence-corrected chi connectivity index (χ2v) is 7.69. The van der Waals surface area contributed by atoms with Crippen molar-refractivity contribution in [2.24, 2.45) is 5.10 Å². The molecule has 0 saturated carbocycles. The van der Waals surface area contributed by atoms with Crippen molar-refractivity contribution in [2.75, 3.05) is 20.8 Å². The number of benzene rings is 3. The molecule has 3 aromatic carbocycles. The Kier molecular flexibility index (Phi) is 8.69. The number of halogens is 1. The summed E-state index contributed by atoms with van der Waals surface area (Å²) in [5.41, 5.74) is 4.63. The molecule has 35 heavy (non-hydrogen) atoms. The Morgan fingerprint density at radius 1 is 1.00 bits per heavy atom. The molecule has 0 aromatic heterocycles. The van der Waals surface area contributed by atoms with Gasteiger partial charge in [0.15, 0.2) is 11.5 Å². The highest BCUT2D eigenvalue weighted by atomic mass is 35.5. The summed E-state index contributed by atoms with van der Waals surface area (Å²) in [6.07, 6.45) is 1.40. The SMILES string of the molecule is CCOc1cc(C=NNC(=O)c2ccc(C)cc2OC)cc(Cl)c1OC(=O)c1ccc(OC)cc1. The highest BCUT2D eigenvalue weighted by Crippen LogP contribution is 2.37. The van der Waals surface area contributed by atoms with Crippen molar-refractivity contribution in [3.05, 3.63) is 81.9 Å². The summed E-state index contributed by atoms with van der Waals surface area (Å²) in [5, 5.41) is 4.14. The Morgan fingerprint density at radius 3 is 2.40 bits per heavy atom. The predicted octanol–water partition coefficient (Wildman–Crippen LogP) is 5.05. The van der Waals surface area contributed by atoms with E-state index in [4.69, 9.17) is 30.5 Å². The number of methoxy groups -OCH3 is 2. The van der Waals surface area contributed by atoms with Crippen LogP contribution in [0.5, 0.6) is 23.0 Å². The summed E-state index contributed by atoms with van der Waals surface area (Å²) in [6, 6.07) is 14.9. The molecule has 1 amide bonds. The number of hydrazone groups is 1. The Morgan fingerprint density at radius 2 is 1.74 bits per heavy atom. The van der Waals surface area contributed by atoms with Gasteiger partial charge in [-0.3, -0.25) is 4.79 Å². The van der Waals surface area contributed by atoms with Crippen molar-refractivity contribution in [3.63, 3.8) is 0 Å². The van der Waals surface area contributed by atoms with E-state index in [-0.39, 0.29) is 16.5 Å². The van der Waals surface area contributed by atoms with E-state index in [9.17, 15) is 9.59 Å². The van der Waals surface area contributed by atoms with Gasteiger partial charge >= 0.3 is 5.97 Å². The zero-order valence-corrected chi connectivity index (χ0v) is 20.5. The van der Waals surface area contributed by atoms with Crippen molar-refractivity contribution in [3.8, 4) is 23.0 Å². The average Bonchev–Trinajstić information content (AvgIpc) is 2.86. The Bertz CT molecular complexity index is 1240. The summed E-state index contributed by atoms with van der Waals surface area (Å²) < 4.78 is 21.5. The van der Waals surface area contributed by atoms with E-state index in [2.05, 4.69) is 10.5 Å². The minimum atomic E-state index is -0.601. The van der Waals surface area contributed by atoms with Crippen LogP contribution in [0.15, 0.2) is 59.7 Å². The molecule has 9 heteroatoms. The van der Waals surface area contributed by atoms with Gasteiger partial charge in [-0.25, -0.2) is 10.2 Å². The number of carbonyl (C=O) groups excluding carboxylic acids is 2. The number of nitrogens with one attached hydrogen (secondary N) is 1. The summed E-state index contributed by atoms with van der Waals surface area (Å²) in [4.78, 5) is 25.1. The van der Waals surface area contributed by atoms with Crippen LogP contribution < -0.4 is 24.4 Å². The molecule has 0 aliphatic rings. The molecular weight excluding hydrogens is 472 g/mol. The molecule has 3 rings (SSSR count). The zero-order chi connectivity index (χ0) is 25.4. The molecule has 8 nitrogen and oxygen atoms in total. The molecule has 3 aromatic rings. The highest BCUT2D eigenvalue weighted by molar-refractivity contribution is 6.32. The fourth-order valence-electron chi connectivity index (χ4n) is 3.11. The van der Waals surface area contributed by atoms with Gasteiger partial charge in [0.2, 0.25) is 0 Å². The number of aryl methyl sites for hydroxylation is 1. The van der Waals surface area contributed by atoms with Gasteiger partial charge in [0.1, 0.15) is 11.5 Å². The maximum Gasteiger partial charge on any atom is 0.343 e. The maximum absolute atomic E-state index is 12.6. The van der Waals surface area contributed by atoms with Crippen molar-refractivity contribution in [1.82, 2.24) is 5.43 Å². The van der Waals surface area contributed by atoms with E-state index in [0.717, 1.165) is 5.56 Å². The number of carbonyl (C=O) groups is 2. The molecular formula is C26H25ClN2O6. The number of hydrogen-bond donors (Lipinski definition) is 1. The van der Waals surface area contributed by atoms with Crippen molar-refractivity contribution in [2.45, 2.75) is 13.8 Å². The first-order valence-electron chi connectivity index (χ1n) is 10.7. The zero-order valence-electron chi connectivity index (χ0n) is 19.8. The third kappa shape index (κ3) is 6.51. The fraction of sp³-hybridized carbons (Fsp3) is 0.192. The van der Waals surface area contributed by atoms with Gasteiger partial charge in [0.05, 0.1) is 43.2 Å². The van der Waals surface area contributed by atoms with Gasteiger partial charge in [-0.05, 0) is 73.5 Å². The van der Waals surface area contributed by atoms with Crippen molar-refractivity contribution in [1.29, 1.82) is 0 Å². The second kappa shape index (κ2) is 11.9. The number of hydrogen-bond acceptors (Lipinski definition) is 7. The van der Waals surface area contributed by atoms with Crippen LogP contribution in [-0.4, -0.2) is 38.9 Å². The molecule has 0 spiro atoms. The molecule has 1 N–H and O–H groups in total. The molecule has 0 bridgehead atoms. The van der Waals surface area contributed by atoms with Crippen molar-refractivity contribution < 1.29 is 28.5 Å². The van der Waals surface area contributed by atoms with E-state index < -0.39 is 11.9 Å². The first-order valence-corrected chi connectivity index (χ1v) is 11.0. The lowest BCUT2D eigenvalue weighted by Gasteiger charge is -2.13. The van der Waals surface area contributed by atoms with Gasteiger partial charge in [-0.15, -0.1) is 0 Å².